The maximum atomic E-state index is 2.61. The van der Waals surface area contributed by atoms with Gasteiger partial charge in [0.15, 0.2) is 0 Å². The molecule has 0 radical (unpaired) electrons. The fourth-order valence-electron chi connectivity index (χ4n) is 3.99. The highest BCUT2D eigenvalue weighted by molar-refractivity contribution is 5.30. The van der Waals surface area contributed by atoms with Crippen molar-refractivity contribution in [2.24, 2.45) is 11.8 Å². The number of rotatable bonds is 0. The Morgan fingerprint density at radius 2 is 2.06 bits per heavy atom. The van der Waals surface area contributed by atoms with Crippen LogP contribution in [-0.2, 0) is 0 Å². The van der Waals surface area contributed by atoms with Crippen molar-refractivity contribution in [1.82, 2.24) is 4.90 Å². The lowest BCUT2D eigenvalue weighted by Crippen LogP contribution is -2.33. The van der Waals surface area contributed by atoms with Gasteiger partial charge in [0, 0.05) is 31.1 Å². The lowest BCUT2D eigenvalue weighted by molar-refractivity contribution is 0.215. The molecule has 3 atom stereocenters. The Bertz CT molecular complexity index is 339. The predicted octanol–water partition coefficient (Wildman–Crippen LogP) is 3.73. The van der Waals surface area contributed by atoms with E-state index in [1.807, 2.05) is 5.57 Å². The first-order valence-electron chi connectivity index (χ1n) is 6.89. The normalized spacial score (nSPS) is 38.4. The molecular formula is C15H23N. The van der Waals surface area contributed by atoms with E-state index in [1.165, 1.54) is 38.5 Å². The van der Waals surface area contributed by atoms with Crippen molar-refractivity contribution in [2.45, 2.75) is 51.5 Å². The van der Waals surface area contributed by atoms with Gasteiger partial charge in [0.2, 0.25) is 0 Å². The highest BCUT2D eigenvalue weighted by Gasteiger charge is 2.39. The van der Waals surface area contributed by atoms with Crippen LogP contribution < -0.4 is 0 Å². The van der Waals surface area contributed by atoms with E-state index < -0.39 is 0 Å². The van der Waals surface area contributed by atoms with Gasteiger partial charge in [-0.1, -0.05) is 31.9 Å². The summed E-state index contributed by atoms with van der Waals surface area (Å²) in [6.45, 7) is 2.36. The Morgan fingerprint density at radius 1 is 1.25 bits per heavy atom. The standard InChI is InChI=1S/C15H23N/c1-11-6-5-9-15-13(10-11)12-7-3-4-8-14(12)16(15)2/h5-6,11-12,14H,3-4,7-10H2,1-2H3/t11-,12-,14?/m1/s1. The summed E-state index contributed by atoms with van der Waals surface area (Å²) in [6.07, 6.45) is 13.1. The lowest BCUT2D eigenvalue weighted by Gasteiger charge is -2.33. The van der Waals surface area contributed by atoms with Gasteiger partial charge in [-0.25, -0.2) is 0 Å². The summed E-state index contributed by atoms with van der Waals surface area (Å²) in [4.78, 5) is 2.61. The zero-order valence-corrected chi connectivity index (χ0v) is 10.6. The van der Waals surface area contributed by atoms with Crippen LogP contribution in [0.3, 0.4) is 0 Å². The molecule has 0 aromatic heterocycles. The molecule has 3 rings (SSSR count). The number of nitrogens with zero attached hydrogens (tertiary/aromatic N) is 1. The fourth-order valence-corrected chi connectivity index (χ4v) is 3.99. The van der Waals surface area contributed by atoms with Gasteiger partial charge in [-0.15, -0.1) is 0 Å². The lowest BCUT2D eigenvalue weighted by atomic mass is 9.79. The SMILES string of the molecule is C[C@@H]1C=CCC2=C(C1)[C@H]1CCCCC1N2C. The minimum Gasteiger partial charge on any atom is -0.374 e. The molecule has 2 aliphatic carbocycles. The molecule has 1 unspecified atom stereocenters. The summed E-state index contributed by atoms with van der Waals surface area (Å²) in [5, 5.41) is 0. The zero-order chi connectivity index (χ0) is 11.1. The molecule has 0 bridgehead atoms. The highest BCUT2D eigenvalue weighted by atomic mass is 15.2. The number of allylic oxidation sites excluding steroid dienone is 2. The van der Waals surface area contributed by atoms with Crippen LogP contribution in [0.5, 0.6) is 0 Å². The molecule has 0 spiro atoms. The first-order valence-corrected chi connectivity index (χ1v) is 6.89. The molecule has 0 saturated heterocycles. The van der Waals surface area contributed by atoms with E-state index in [0.29, 0.717) is 0 Å². The fraction of sp³-hybridized carbons (Fsp3) is 0.733. The van der Waals surface area contributed by atoms with Crippen molar-refractivity contribution in [1.29, 1.82) is 0 Å². The van der Waals surface area contributed by atoms with Gasteiger partial charge in [-0.3, -0.25) is 0 Å². The summed E-state index contributed by atoms with van der Waals surface area (Å²) in [5.41, 5.74) is 3.47. The second kappa shape index (κ2) is 3.94. The topological polar surface area (TPSA) is 3.24 Å². The first-order chi connectivity index (χ1) is 7.77. The summed E-state index contributed by atoms with van der Waals surface area (Å²) in [6, 6.07) is 0.845. The van der Waals surface area contributed by atoms with E-state index >= 15 is 0 Å². The Hall–Kier alpha value is -0.720. The molecule has 1 heterocycles. The summed E-state index contributed by atoms with van der Waals surface area (Å²) in [5.74, 6) is 1.65. The summed E-state index contributed by atoms with van der Waals surface area (Å²) >= 11 is 0. The van der Waals surface area contributed by atoms with E-state index in [-0.39, 0.29) is 0 Å². The first kappa shape index (κ1) is 10.4. The Balaban J connectivity index is 1.92. The number of fused-ring (bicyclic) bond motifs is 2. The van der Waals surface area contributed by atoms with Crippen LogP contribution in [0.25, 0.3) is 0 Å². The van der Waals surface area contributed by atoms with E-state index in [9.17, 15) is 0 Å². The van der Waals surface area contributed by atoms with Crippen molar-refractivity contribution in [3.8, 4) is 0 Å². The van der Waals surface area contributed by atoms with E-state index in [1.54, 1.807) is 5.70 Å². The van der Waals surface area contributed by atoms with Gasteiger partial charge in [-0.05, 0) is 30.8 Å². The van der Waals surface area contributed by atoms with Crippen molar-refractivity contribution >= 4 is 0 Å². The third kappa shape index (κ3) is 1.52. The molecule has 88 valence electrons. The van der Waals surface area contributed by atoms with Crippen LogP contribution in [0.2, 0.25) is 0 Å². The maximum absolute atomic E-state index is 2.61. The smallest absolute Gasteiger partial charge is 0.0349 e. The number of hydrogen-bond donors (Lipinski definition) is 0. The van der Waals surface area contributed by atoms with Gasteiger partial charge < -0.3 is 4.90 Å². The largest absolute Gasteiger partial charge is 0.374 e. The van der Waals surface area contributed by atoms with Crippen molar-refractivity contribution < 1.29 is 0 Å². The maximum Gasteiger partial charge on any atom is 0.0349 e. The van der Waals surface area contributed by atoms with E-state index in [0.717, 1.165) is 17.9 Å². The Kier molecular flexibility index (Phi) is 2.57. The second-order valence-corrected chi connectivity index (χ2v) is 5.85. The molecule has 1 nitrogen and oxygen atoms in total. The quantitative estimate of drug-likeness (QED) is 0.559. The van der Waals surface area contributed by atoms with Crippen LogP contribution in [-0.4, -0.2) is 18.0 Å². The third-order valence-electron chi connectivity index (χ3n) is 4.79. The molecular weight excluding hydrogens is 194 g/mol. The van der Waals surface area contributed by atoms with Crippen LogP contribution in [0.15, 0.2) is 23.4 Å². The zero-order valence-electron chi connectivity index (χ0n) is 10.6. The molecule has 0 amide bonds. The molecule has 0 N–H and O–H groups in total. The van der Waals surface area contributed by atoms with Gasteiger partial charge in [-0.2, -0.15) is 0 Å². The molecule has 1 fully saturated rings. The van der Waals surface area contributed by atoms with E-state index in [2.05, 4.69) is 31.0 Å². The van der Waals surface area contributed by atoms with Gasteiger partial charge in [0.05, 0.1) is 0 Å². The molecule has 3 aliphatic rings. The predicted molar refractivity (Wildman–Crippen MR) is 68.1 cm³/mol. The molecule has 1 saturated carbocycles. The van der Waals surface area contributed by atoms with E-state index in [4.69, 9.17) is 0 Å². The van der Waals surface area contributed by atoms with Gasteiger partial charge in [0.1, 0.15) is 0 Å². The Morgan fingerprint density at radius 3 is 2.94 bits per heavy atom. The summed E-state index contributed by atoms with van der Waals surface area (Å²) in [7, 11) is 2.33. The van der Waals surface area contributed by atoms with Gasteiger partial charge >= 0.3 is 0 Å². The van der Waals surface area contributed by atoms with Crippen molar-refractivity contribution in [3.05, 3.63) is 23.4 Å². The monoisotopic (exact) mass is 217 g/mol. The molecule has 0 aromatic carbocycles. The van der Waals surface area contributed by atoms with Crippen molar-refractivity contribution in [3.63, 3.8) is 0 Å². The number of hydrogen-bond acceptors (Lipinski definition) is 1. The molecule has 0 aromatic rings. The molecule has 16 heavy (non-hydrogen) atoms. The van der Waals surface area contributed by atoms with Crippen LogP contribution in [0.4, 0.5) is 0 Å². The summed E-state index contributed by atoms with van der Waals surface area (Å²) < 4.78 is 0. The van der Waals surface area contributed by atoms with Gasteiger partial charge in [0.25, 0.3) is 0 Å². The van der Waals surface area contributed by atoms with Crippen LogP contribution in [0.1, 0.15) is 45.4 Å². The third-order valence-corrected chi connectivity index (χ3v) is 4.79. The average Bonchev–Trinajstić information content (AvgIpc) is 2.47. The Labute approximate surface area is 99.2 Å². The van der Waals surface area contributed by atoms with Crippen LogP contribution in [0, 0.1) is 11.8 Å². The van der Waals surface area contributed by atoms with Crippen LogP contribution >= 0.6 is 0 Å². The highest BCUT2D eigenvalue weighted by Crippen LogP contribution is 2.46. The molecule has 1 aliphatic heterocycles. The second-order valence-electron chi connectivity index (χ2n) is 5.85. The minimum atomic E-state index is 0.751. The minimum absolute atomic E-state index is 0.751. The van der Waals surface area contributed by atoms with Crippen molar-refractivity contribution in [2.75, 3.05) is 7.05 Å². The molecule has 1 heteroatoms. The average molecular weight is 217 g/mol.